The molecule has 0 atom stereocenters. The molecule has 3 aromatic rings. The number of anilines is 1. The minimum absolute atomic E-state index is 0.00730. The quantitative estimate of drug-likeness (QED) is 0.642. The zero-order valence-corrected chi connectivity index (χ0v) is 17.3. The van der Waals surface area contributed by atoms with Crippen molar-refractivity contribution in [2.45, 2.75) is 32.2 Å². The van der Waals surface area contributed by atoms with Gasteiger partial charge in [0, 0.05) is 0 Å². The van der Waals surface area contributed by atoms with E-state index in [1.165, 1.54) is 18.2 Å². The summed E-state index contributed by atoms with van der Waals surface area (Å²) in [5, 5.41) is 13.8. The maximum atomic E-state index is 12.9. The summed E-state index contributed by atoms with van der Waals surface area (Å²) in [7, 11) is -3.89. The molecule has 3 rings (SSSR count). The fourth-order valence-corrected chi connectivity index (χ4v) is 4.20. The summed E-state index contributed by atoms with van der Waals surface area (Å²) in [6.07, 6.45) is 0. The Hall–Kier alpha value is -3.31. The highest BCUT2D eigenvalue weighted by atomic mass is 32.2. The second-order valence-corrected chi connectivity index (χ2v) is 8.18. The standard InChI is InChI=1S/C21H22N4O3S/c1-4-28-20-11-10-19(12-18(20)13-22)29(26,27)24-21-15(2)23-25(16(21)3)14-17-8-6-5-7-9-17/h5-12,24H,4,14H2,1-3H3. The molecule has 0 aliphatic rings. The average Bonchev–Trinajstić information content (AvgIpc) is 2.96. The van der Waals surface area contributed by atoms with Gasteiger partial charge in [0.15, 0.2) is 0 Å². The fraction of sp³-hybridized carbons (Fsp3) is 0.238. The summed E-state index contributed by atoms with van der Waals surface area (Å²) in [6.45, 7) is 6.30. The molecule has 0 radical (unpaired) electrons. The van der Waals surface area contributed by atoms with Crippen molar-refractivity contribution in [1.82, 2.24) is 9.78 Å². The van der Waals surface area contributed by atoms with Gasteiger partial charge < -0.3 is 4.74 Å². The van der Waals surface area contributed by atoms with Gasteiger partial charge in [-0.25, -0.2) is 8.42 Å². The van der Waals surface area contributed by atoms with Gasteiger partial charge >= 0.3 is 0 Å². The number of hydrogen-bond acceptors (Lipinski definition) is 5. The number of rotatable bonds is 7. The molecule has 0 spiro atoms. The Morgan fingerprint density at radius 1 is 1.17 bits per heavy atom. The molecular weight excluding hydrogens is 388 g/mol. The minimum atomic E-state index is -3.89. The molecular formula is C21H22N4O3S. The highest BCUT2D eigenvalue weighted by molar-refractivity contribution is 7.92. The van der Waals surface area contributed by atoms with Crippen LogP contribution in [0.4, 0.5) is 5.69 Å². The molecule has 29 heavy (non-hydrogen) atoms. The molecule has 7 nitrogen and oxygen atoms in total. The van der Waals surface area contributed by atoms with Gasteiger partial charge in [-0.1, -0.05) is 30.3 Å². The highest BCUT2D eigenvalue weighted by Gasteiger charge is 2.21. The van der Waals surface area contributed by atoms with Crippen LogP contribution in [0.3, 0.4) is 0 Å². The van der Waals surface area contributed by atoms with E-state index in [0.29, 0.717) is 36.0 Å². The van der Waals surface area contributed by atoms with Gasteiger partial charge in [-0.2, -0.15) is 10.4 Å². The summed E-state index contributed by atoms with van der Waals surface area (Å²) in [6, 6.07) is 16.0. The van der Waals surface area contributed by atoms with Crippen LogP contribution in [0.1, 0.15) is 29.4 Å². The Labute approximate surface area is 170 Å². The molecule has 0 aliphatic carbocycles. The molecule has 0 bridgehead atoms. The molecule has 0 unspecified atom stereocenters. The average molecular weight is 410 g/mol. The smallest absolute Gasteiger partial charge is 0.262 e. The predicted molar refractivity (Wildman–Crippen MR) is 110 cm³/mol. The maximum absolute atomic E-state index is 12.9. The number of hydrogen-bond donors (Lipinski definition) is 1. The zero-order valence-electron chi connectivity index (χ0n) is 16.5. The molecule has 150 valence electrons. The number of sulfonamides is 1. The second-order valence-electron chi connectivity index (χ2n) is 6.50. The molecule has 1 aromatic heterocycles. The van der Waals surface area contributed by atoms with Crippen molar-refractivity contribution in [2.75, 3.05) is 11.3 Å². The third-order valence-corrected chi connectivity index (χ3v) is 5.82. The Bertz CT molecular complexity index is 1160. The third-order valence-electron chi connectivity index (χ3n) is 4.47. The lowest BCUT2D eigenvalue weighted by molar-refractivity contribution is 0.339. The molecule has 0 saturated heterocycles. The fourth-order valence-electron chi connectivity index (χ4n) is 2.99. The minimum Gasteiger partial charge on any atom is -0.492 e. The second kappa shape index (κ2) is 8.37. The van der Waals surface area contributed by atoms with E-state index in [9.17, 15) is 13.7 Å². The first-order chi connectivity index (χ1) is 13.9. The Balaban J connectivity index is 1.90. The molecule has 8 heteroatoms. The number of nitrogens with one attached hydrogen (secondary N) is 1. The molecule has 0 fully saturated rings. The van der Waals surface area contributed by atoms with Crippen LogP contribution in [0.25, 0.3) is 0 Å². The first-order valence-corrected chi connectivity index (χ1v) is 10.6. The topological polar surface area (TPSA) is 97.0 Å². The van der Waals surface area contributed by atoms with Crippen LogP contribution in [-0.4, -0.2) is 24.8 Å². The lowest BCUT2D eigenvalue weighted by Crippen LogP contribution is -2.14. The van der Waals surface area contributed by atoms with Crippen LogP contribution < -0.4 is 9.46 Å². The molecule has 0 saturated carbocycles. The summed E-state index contributed by atoms with van der Waals surface area (Å²) in [5.41, 5.74) is 2.96. The number of nitriles is 1. The van der Waals surface area contributed by atoms with Gasteiger partial charge in [-0.05, 0) is 44.5 Å². The number of aromatic nitrogens is 2. The normalized spacial score (nSPS) is 11.1. The predicted octanol–water partition coefficient (Wildman–Crippen LogP) is 3.62. The first-order valence-electron chi connectivity index (χ1n) is 9.13. The van der Waals surface area contributed by atoms with Gasteiger partial charge in [0.25, 0.3) is 10.0 Å². The summed E-state index contributed by atoms with van der Waals surface area (Å²) < 4.78 is 35.6. The van der Waals surface area contributed by atoms with Gasteiger partial charge in [-0.3, -0.25) is 9.40 Å². The molecule has 1 heterocycles. The Kier molecular flexibility index (Phi) is 5.89. The summed E-state index contributed by atoms with van der Waals surface area (Å²) in [4.78, 5) is -0.00730. The monoisotopic (exact) mass is 410 g/mol. The Morgan fingerprint density at radius 2 is 1.90 bits per heavy atom. The van der Waals surface area contributed by atoms with Crippen molar-refractivity contribution in [2.24, 2.45) is 0 Å². The number of aryl methyl sites for hydroxylation is 1. The van der Waals surface area contributed by atoms with E-state index in [2.05, 4.69) is 9.82 Å². The van der Waals surface area contributed by atoms with E-state index in [1.807, 2.05) is 43.3 Å². The lowest BCUT2D eigenvalue weighted by atomic mass is 10.2. The largest absolute Gasteiger partial charge is 0.492 e. The molecule has 0 aliphatic heterocycles. The van der Waals surface area contributed by atoms with E-state index in [4.69, 9.17) is 4.74 Å². The number of benzene rings is 2. The van der Waals surface area contributed by atoms with Crippen molar-refractivity contribution in [3.05, 3.63) is 71.0 Å². The summed E-state index contributed by atoms with van der Waals surface area (Å²) >= 11 is 0. The highest BCUT2D eigenvalue weighted by Crippen LogP contribution is 2.27. The first kappa shape index (κ1) is 20.4. The molecule has 2 aromatic carbocycles. The van der Waals surface area contributed by atoms with Crippen molar-refractivity contribution in [3.8, 4) is 11.8 Å². The molecule has 1 N–H and O–H groups in total. The van der Waals surface area contributed by atoms with Crippen molar-refractivity contribution in [1.29, 1.82) is 5.26 Å². The van der Waals surface area contributed by atoms with E-state index in [-0.39, 0.29) is 10.5 Å². The maximum Gasteiger partial charge on any atom is 0.262 e. The van der Waals surface area contributed by atoms with E-state index >= 15 is 0 Å². The van der Waals surface area contributed by atoms with Crippen LogP contribution in [0, 0.1) is 25.2 Å². The van der Waals surface area contributed by atoms with E-state index in [1.54, 1.807) is 18.5 Å². The zero-order chi connectivity index (χ0) is 21.0. The SMILES string of the molecule is CCOc1ccc(S(=O)(=O)Nc2c(C)nn(Cc3ccccc3)c2C)cc1C#N. The van der Waals surface area contributed by atoms with E-state index in [0.717, 1.165) is 5.56 Å². The summed E-state index contributed by atoms with van der Waals surface area (Å²) in [5.74, 6) is 0.358. The number of ether oxygens (including phenoxy) is 1. The van der Waals surface area contributed by atoms with Crippen LogP contribution >= 0.6 is 0 Å². The van der Waals surface area contributed by atoms with Crippen molar-refractivity contribution < 1.29 is 13.2 Å². The van der Waals surface area contributed by atoms with Crippen LogP contribution in [0.15, 0.2) is 53.4 Å². The van der Waals surface area contributed by atoms with Crippen molar-refractivity contribution in [3.63, 3.8) is 0 Å². The van der Waals surface area contributed by atoms with Gasteiger partial charge in [0.1, 0.15) is 11.8 Å². The van der Waals surface area contributed by atoms with Gasteiger partial charge in [0.05, 0.1) is 40.7 Å². The van der Waals surface area contributed by atoms with Gasteiger partial charge in [0.2, 0.25) is 0 Å². The third kappa shape index (κ3) is 4.41. The van der Waals surface area contributed by atoms with Crippen LogP contribution in [-0.2, 0) is 16.6 Å². The Morgan fingerprint density at radius 3 is 2.55 bits per heavy atom. The molecule has 0 amide bonds. The van der Waals surface area contributed by atoms with Crippen molar-refractivity contribution >= 4 is 15.7 Å². The number of nitrogens with zero attached hydrogens (tertiary/aromatic N) is 3. The lowest BCUT2D eigenvalue weighted by Gasteiger charge is -2.11. The van der Waals surface area contributed by atoms with Crippen LogP contribution in [0.5, 0.6) is 5.75 Å². The van der Waals surface area contributed by atoms with Gasteiger partial charge in [-0.15, -0.1) is 0 Å². The van der Waals surface area contributed by atoms with E-state index < -0.39 is 10.0 Å². The van der Waals surface area contributed by atoms with Crippen LogP contribution in [0.2, 0.25) is 0 Å².